The predicted molar refractivity (Wildman–Crippen MR) is 119 cm³/mol. The van der Waals surface area contributed by atoms with Gasteiger partial charge in [-0.1, -0.05) is 54.4 Å². The van der Waals surface area contributed by atoms with Gasteiger partial charge < -0.3 is 0 Å². The first-order valence-electron chi connectivity index (χ1n) is 11.1. The second kappa shape index (κ2) is 8.07. The molecule has 0 aliphatic heterocycles. The van der Waals surface area contributed by atoms with Crippen LogP contribution < -0.4 is 0 Å². The summed E-state index contributed by atoms with van der Waals surface area (Å²) in [6.07, 6.45) is 24.9. The van der Waals surface area contributed by atoms with Gasteiger partial charge in [-0.05, 0) is 85.2 Å². The lowest BCUT2D eigenvalue weighted by atomic mass is 9.76. The highest BCUT2D eigenvalue weighted by molar-refractivity contribution is 6.12. The molecule has 2 nitrogen and oxygen atoms in total. The molecule has 5 rings (SSSR count). The molecule has 1 saturated carbocycles. The summed E-state index contributed by atoms with van der Waals surface area (Å²) >= 11 is 0. The van der Waals surface area contributed by atoms with E-state index in [0.717, 1.165) is 60.8 Å². The third-order valence-electron chi connectivity index (χ3n) is 6.83. The molecule has 0 aromatic carbocycles. The molecule has 0 aromatic rings. The number of hydrogen-bond donors (Lipinski definition) is 0. The van der Waals surface area contributed by atoms with E-state index in [4.69, 9.17) is 0 Å². The molecule has 0 spiro atoms. The van der Waals surface area contributed by atoms with E-state index in [0.29, 0.717) is 18.3 Å². The number of rotatable bonds is 2. The van der Waals surface area contributed by atoms with Crippen molar-refractivity contribution in [2.24, 2.45) is 17.8 Å². The molecular weight excluding hydrogens is 368 g/mol. The maximum atomic E-state index is 13.0. The van der Waals surface area contributed by atoms with Gasteiger partial charge in [0.1, 0.15) is 0 Å². The summed E-state index contributed by atoms with van der Waals surface area (Å²) in [4.78, 5) is 25.8. The van der Waals surface area contributed by atoms with Crippen molar-refractivity contribution in [1.82, 2.24) is 0 Å². The van der Waals surface area contributed by atoms with E-state index in [9.17, 15) is 9.59 Å². The summed E-state index contributed by atoms with van der Waals surface area (Å²) in [5.41, 5.74) is 4.90. The smallest absolute Gasteiger partial charge is 0.188 e. The maximum Gasteiger partial charge on any atom is 0.188 e. The first-order chi connectivity index (χ1) is 14.7. The summed E-state index contributed by atoms with van der Waals surface area (Å²) in [5.74, 6) is 7.59. The molecule has 2 bridgehead atoms. The average Bonchev–Trinajstić information content (AvgIpc) is 3.01. The second-order valence-electron chi connectivity index (χ2n) is 8.96. The van der Waals surface area contributed by atoms with Gasteiger partial charge in [-0.25, -0.2) is 0 Å². The van der Waals surface area contributed by atoms with E-state index in [1.54, 1.807) is 6.08 Å². The molecule has 150 valence electrons. The van der Waals surface area contributed by atoms with Gasteiger partial charge in [0.15, 0.2) is 11.6 Å². The van der Waals surface area contributed by atoms with Crippen LogP contribution in [0.2, 0.25) is 0 Å². The maximum absolute atomic E-state index is 13.0. The fourth-order valence-corrected chi connectivity index (χ4v) is 5.28. The fraction of sp³-hybridized carbons (Fsp3) is 0.357. The number of carbonyl (C=O) groups excluding carboxylic acids is 2. The van der Waals surface area contributed by atoms with Crippen molar-refractivity contribution >= 4 is 11.6 Å². The molecule has 0 heterocycles. The van der Waals surface area contributed by atoms with Crippen LogP contribution in [0.15, 0.2) is 82.5 Å². The molecule has 0 saturated heterocycles. The summed E-state index contributed by atoms with van der Waals surface area (Å²) in [6, 6.07) is 0. The molecule has 5 aliphatic rings. The number of Topliss-reactive ketones (excluding diaryl/α,β-unsaturated/α-hetero) is 2. The monoisotopic (exact) mass is 394 g/mol. The first-order valence-corrected chi connectivity index (χ1v) is 11.1. The number of hydrogen-bond acceptors (Lipinski definition) is 2. The minimum Gasteiger partial charge on any atom is -0.289 e. The standard InChI is InChI=1S/C28H26O2/c29-27-23-10-5-8-21(16-23)18-25(27)17-20-7-4-6-19(14-20)15-24-13-12-22-9-2-1-3-11-26(22)28(24)30/h3-6,8,10-11,15,17,19-21H,7,9,12-14,16,18H2/b24-15+,25-17+. The molecule has 3 atom stereocenters. The van der Waals surface area contributed by atoms with Crippen molar-refractivity contribution in [3.05, 3.63) is 82.5 Å². The zero-order valence-electron chi connectivity index (χ0n) is 17.2. The average molecular weight is 395 g/mol. The van der Waals surface area contributed by atoms with Gasteiger partial charge >= 0.3 is 0 Å². The molecule has 0 radical (unpaired) electrons. The zero-order chi connectivity index (χ0) is 20.5. The Kier molecular flexibility index (Phi) is 5.13. The highest BCUT2D eigenvalue weighted by Gasteiger charge is 2.29. The summed E-state index contributed by atoms with van der Waals surface area (Å²) in [7, 11) is 0. The van der Waals surface area contributed by atoms with Crippen molar-refractivity contribution in [2.45, 2.75) is 44.9 Å². The van der Waals surface area contributed by atoms with Crippen LogP contribution in [0.1, 0.15) is 44.9 Å². The van der Waals surface area contributed by atoms with Crippen molar-refractivity contribution in [2.75, 3.05) is 0 Å². The Balaban J connectivity index is 1.31. The van der Waals surface area contributed by atoms with Gasteiger partial charge in [0, 0.05) is 17.6 Å². The van der Waals surface area contributed by atoms with Gasteiger partial charge in [-0.2, -0.15) is 0 Å². The van der Waals surface area contributed by atoms with E-state index in [1.807, 2.05) is 18.2 Å². The van der Waals surface area contributed by atoms with Crippen molar-refractivity contribution in [3.8, 4) is 11.8 Å². The molecule has 0 aromatic heterocycles. The minimum atomic E-state index is 0.167. The molecule has 0 amide bonds. The molecule has 0 N–H and O–H groups in total. The lowest BCUT2D eigenvalue weighted by molar-refractivity contribution is -0.113. The van der Waals surface area contributed by atoms with Gasteiger partial charge in [0.2, 0.25) is 0 Å². The van der Waals surface area contributed by atoms with Crippen LogP contribution >= 0.6 is 0 Å². The molecule has 5 aliphatic carbocycles. The molecule has 3 unspecified atom stereocenters. The Bertz CT molecular complexity index is 1070. The Hall–Kier alpha value is -2.92. The van der Waals surface area contributed by atoms with E-state index < -0.39 is 0 Å². The van der Waals surface area contributed by atoms with Crippen LogP contribution in [0.5, 0.6) is 0 Å². The van der Waals surface area contributed by atoms with Crippen LogP contribution in [0.25, 0.3) is 0 Å². The summed E-state index contributed by atoms with van der Waals surface area (Å²) in [5, 5.41) is 0. The Morgan fingerprint density at radius 1 is 1.00 bits per heavy atom. The lowest BCUT2D eigenvalue weighted by Crippen LogP contribution is -2.22. The van der Waals surface area contributed by atoms with Gasteiger partial charge in [-0.15, -0.1) is 0 Å². The first kappa shape index (κ1) is 19.1. The Labute approximate surface area is 178 Å². The van der Waals surface area contributed by atoms with Crippen LogP contribution in [0.4, 0.5) is 0 Å². The molecular formula is C28H26O2. The fourth-order valence-electron chi connectivity index (χ4n) is 5.28. The van der Waals surface area contributed by atoms with Gasteiger partial charge in [0.25, 0.3) is 0 Å². The minimum absolute atomic E-state index is 0.167. The molecule has 30 heavy (non-hydrogen) atoms. The van der Waals surface area contributed by atoms with Crippen LogP contribution in [0.3, 0.4) is 0 Å². The third-order valence-corrected chi connectivity index (χ3v) is 6.83. The largest absolute Gasteiger partial charge is 0.289 e. The van der Waals surface area contributed by atoms with Crippen LogP contribution in [0, 0.1) is 29.6 Å². The number of fused-ring (bicyclic) bond motifs is 2. The molecule has 1 fully saturated rings. The number of allylic oxidation sites excluding steroid dienone is 14. The van der Waals surface area contributed by atoms with E-state index in [-0.39, 0.29) is 17.5 Å². The summed E-state index contributed by atoms with van der Waals surface area (Å²) in [6.45, 7) is 0. The topological polar surface area (TPSA) is 34.1 Å². The SMILES string of the molecule is O=C1C2=CC=CC(C2)C/C1=C\C1CC=CC(/C=C2\CCC3=C(C=CC#CC3)C2=O)C1. The highest BCUT2D eigenvalue weighted by atomic mass is 16.1. The van der Waals surface area contributed by atoms with E-state index >= 15 is 0 Å². The van der Waals surface area contributed by atoms with Gasteiger partial charge in [-0.3, -0.25) is 9.59 Å². The zero-order valence-corrected chi connectivity index (χ0v) is 17.2. The quantitative estimate of drug-likeness (QED) is 0.351. The highest BCUT2D eigenvalue weighted by Crippen LogP contribution is 2.37. The Morgan fingerprint density at radius 2 is 1.93 bits per heavy atom. The lowest BCUT2D eigenvalue weighted by Gasteiger charge is -2.28. The number of ketones is 2. The van der Waals surface area contributed by atoms with Crippen molar-refractivity contribution in [3.63, 3.8) is 0 Å². The van der Waals surface area contributed by atoms with Crippen LogP contribution in [-0.2, 0) is 9.59 Å². The normalized spacial score (nSPS) is 32.7. The van der Waals surface area contributed by atoms with Crippen molar-refractivity contribution < 1.29 is 9.59 Å². The number of carbonyl (C=O) groups is 2. The van der Waals surface area contributed by atoms with E-state index in [2.05, 4.69) is 42.2 Å². The van der Waals surface area contributed by atoms with E-state index in [1.165, 1.54) is 5.57 Å². The van der Waals surface area contributed by atoms with Gasteiger partial charge in [0.05, 0.1) is 0 Å². The summed E-state index contributed by atoms with van der Waals surface area (Å²) < 4.78 is 0. The molecule has 2 heteroatoms. The third kappa shape index (κ3) is 3.77. The van der Waals surface area contributed by atoms with Crippen LogP contribution in [-0.4, -0.2) is 11.6 Å². The Morgan fingerprint density at radius 3 is 2.87 bits per heavy atom. The van der Waals surface area contributed by atoms with Crippen molar-refractivity contribution in [1.29, 1.82) is 0 Å². The second-order valence-corrected chi connectivity index (χ2v) is 8.96. The predicted octanol–water partition coefficient (Wildman–Crippen LogP) is 5.52.